The Balaban J connectivity index is 1.60. The lowest BCUT2D eigenvalue weighted by atomic mass is 9.55. The molecule has 0 spiro atoms. The lowest BCUT2D eigenvalue weighted by Crippen LogP contribution is -2.47. The zero-order chi connectivity index (χ0) is 18.1. The molecule has 0 radical (unpaired) electrons. The van der Waals surface area contributed by atoms with Crippen LogP contribution in [0.25, 0.3) is 10.9 Å². The molecule has 4 nitrogen and oxygen atoms in total. The summed E-state index contributed by atoms with van der Waals surface area (Å²) in [5, 5.41) is 1.05. The van der Waals surface area contributed by atoms with Crippen LogP contribution in [0, 0.1) is 0 Å². The first-order chi connectivity index (χ1) is 13.4. The lowest BCUT2D eigenvalue weighted by molar-refractivity contribution is 0.174. The molecule has 0 fully saturated rings. The Morgan fingerprint density at radius 2 is 1.63 bits per heavy atom. The minimum Gasteiger partial charge on any atom is -0.550 e. The van der Waals surface area contributed by atoms with E-state index in [0.29, 0.717) is 0 Å². The number of ether oxygens (including phenoxy) is 2. The molecule has 0 saturated heterocycles. The van der Waals surface area contributed by atoms with Crippen molar-refractivity contribution in [3.63, 3.8) is 0 Å². The van der Waals surface area contributed by atoms with Gasteiger partial charge in [-0.05, 0) is 35.2 Å². The molecule has 5 heteroatoms. The molecule has 5 rings (SSSR count). The molecule has 0 aliphatic carbocycles. The Labute approximate surface area is 157 Å². The predicted molar refractivity (Wildman–Crippen MR) is 106 cm³/mol. The van der Waals surface area contributed by atoms with Gasteiger partial charge in [-0.2, -0.15) is 0 Å². The van der Waals surface area contributed by atoms with Crippen LogP contribution in [0.1, 0.15) is 0 Å². The third kappa shape index (κ3) is 2.97. The molecule has 1 aliphatic heterocycles. The summed E-state index contributed by atoms with van der Waals surface area (Å²) in [7, 11) is 0. The molecule has 0 amide bonds. The predicted octanol–water partition coefficient (Wildman–Crippen LogP) is 3.15. The fourth-order valence-electron chi connectivity index (χ4n) is 3.33. The fourth-order valence-corrected chi connectivity index (χ4v) is 3.33. The van der Waals surface area contributed by atoms with Gasteiger partial charge in [-0.25, -0.2) is 0 Å². The molecule has 0 bridgehead atoms. The smallest absolute Gasteiger partial charge is 0.426 e. The van der Waals surface area contributed by atoms with Crippen LogP contribution >= 0.6 is 0 Å². The van der Waals surface area contributed by atoms with Gasteiger partial charge in [-0.1, -0.05) is 54.6 Å². The second-order valence-corrected chi connectivity index (χ2v) is 6.35. The van der Waals surface area contributed by atoms with E-state index >= 15 is 0 Å². The minimum atomic E-state index is -0.284. The third-order valence-electron chi connectivity index (χ3n) is 4.64. The largest absolute Gasteiger partial charge is 0.550 e. The van der Waals surface area contributed by atoms with E-state index in [1.165, 1.54) is 0 Å². The van der Waals surface area contributed by atoms with Crippen molar-refractivity contribution in [2.75, 3.05) is 6.79 Å². The van der Waals surface area contributed by atoms with Gasteiger partial charge in [-0.15, -0.1) is 0 Å². The zero-order valence-corrected chi connectivity index (χ0v) is 14.5. The molecule has 27 heavy (non-hydrogen) atoms. The summed E-state index contributed by atoms with van der Waals surface area (Å²) < 4.78 is 17.5. The van der Waals surface area contributed by atoms with Crippen molar-refractivity contribution in [1.82, 2.24) is 4.98 Å². The van der Waals surface area contributed by atoms with Gasteiger partial charge < -0.3 is 14.1 Å². The van der Waals surface area contributed by atoms with Gasteiger partial charge >= 0.3 is 6.92 Å². The van der Waals surface area contributed by atoms with Crippen LogP contribution in [0.4, 0.5) is 0 Å². The monoisotopic (exact) mass is 353 g/mol. The summed E-state index contributed by atoms with van der Waals surface area (Å²) in [6.45, 7) is -0.0311. The second kappa shape index (κ2) is 6.69. The maximum atomic E-state index is 6.50. The molecule has 0 N–H and O–H groups in total. The number of rotatable bonds is 4. The number of para-hydroxylation sites is 1. The summed E-state index contributed by atoms with van der Waals surface area (Å²) in [5.41, 5.74) is 2.91. The Kier molecular flexibility index (Phi) is 3.90. The van der Waals surface area contributed by atoms with E-state index < -0.39 is 0 Å². The number of fused-ring (bicyclic) bond motifs is 2. The third-order valence-corrected chi connectivity index (χ3v) is 4.64. The van der Waals surface area contributed by atoms with Crippen LogP contribution in [0.2, 0.25) is 0 Å². The van der Waals surface area contributed by atoms with Gasteiger partial charge in [0, 0.05) is 11.6 Å². The Morgan fingerprint density at radius 1 is 0.778 bits per heavy atom. The summed E-state index contributed by atoms with van der Waals surface area (Å²) >= 11 is 0. The van der Waals surface area contributed by atoms with Crippen molar-refractivity contribution in [2.24, 2.45) is 0 Å². The van der Waals surface area contributed by atoms with Gasteiger partial charge in [0.2, 0.25) is 6.79 Å². The highest BCUT2D eigenvalue weighted by Crippen LogP contribution is 2.30. The molecule has 1 aliphatic rings. The summed E-state index contributed by atoms with van der Waals surface area (Å²) in [5.74, 6) is 2.25. The Bertz CT molecular complexity index is 1100. The van der Waals surface area contributed by atoms with E-state index in [1.54, 1.807) is 6.20 Å². The van der Waals surface area contributed by atoms with Crippen LogP contribution in [0.3, 0.4) is 0 Å². The Morgan fingerprint density at radius 3 is 2.56 bits per heavy atom. The number of hydrogen-bond donors (Lipinski definition) is 0. The van der Waals surface area contributed by atoms with Crippen molar-refractivity contribution < 1.29 is 14.1 Å². The maximum absolute atomic E-state index is 6.50. The number of pyridine rings is 1. The van der Waals surface area contributed by atoms with Crippen molar-refractivity contribution in [3.05, 3.63) is 85.1 Å². The van der Waals surface area contributed by atoms with Gasteiger partial charge in [0.25, 0.3) is 0 Å². The van der Waals surface area contributed by atoms with Crippen LogP contribution in [-0.4, -0.2) is 18.7 Å². The highest BCUT2D eigenvalue weighted by Gasteiger charge is 2.27. The number of aromatic nitrogens is 1. The highest BCUT2D eigenvalue weighted by atomic mass is 16.7. The number of nitrogens with zero attached hydrogens (tertiary/aromatic N) is 1. The van der Waals surface area contributed by atoms with Gasteiger partial charge in [0.1, 0.15) is 11.3 Å². The fraction of sp³-hybridized carbons (Fsp3) is 0.0455. The zero-order valence-electron chi connectivity index (χ0n) is 14.5. The van der Waals surface area contributed by atoms with Crippen molar-refractivity contribution in [3.8, 4) is 17.2 Å². The van der Waals surface area contributed by atoms with E-state index in [9.17, 15) is 0 Å². The van der Waals surface area contributed by atoms with Crippen LogP contribution in [-0.2, 0) is 0 Å². The first-order valence-corrected chi connectivity index (χ1v) is 8.83. The number of benzene rings is 3. The molecular weight excluding hydrogens is 337 g/mol. The quantitative estimate of drug-likeness (QED) is 0.529. The minimum absolute atomic E-state index is 0.253. The summed E-state index contributed by atoms with van der Waals surface area (Å²) in [6.07, 6.45) is 1.79. The van der Waals surface area contributed by atoms with E-state index in [1.807, 2.05) is 66.7 Å². The average molecular weight is 353 g/mol. The van der Waals surface area contributed by atoms with Crippen molar-refractivity contribution in [2.45, 2.75) is 0 Å². The Hall–Kier alpha value is -3.47. The molecule has 4 aromatic rings. The molecule has 1 aromatic heterocycles. The van der Waals surface area contributed by atoms with Gasteiger partial charge in [0.05, 0.1) is 0 Å². The van der Waals surface area contributed by atoms with Crippen LogP contribution < -0.4 is 25.1 Å². The summed E-state index contributed by atoms with van der Waals surface area (Å²) in [6, 6.07) is 26.0. The molecule has 0 saturated carbocycles. The number of hydrogen-bond acceptors (Lipinski definition) is 4. The van der Waals surface area contributed by atoms with Crippen LogP contribution in [0.5, 0.6) is 17.2 Å². The lowest BCUT2D eigenvalue weighted by Gasteiger charge is -2.18. The molecule has 0 atom stereocenters. The first kappa shape index (κ1) is 15.8. The molecule has 0 unspecified atom stereocenters. The van der Waals surface area contributed by atoms with E-state index in [-0.39, 0.29) is 13.7 Å². The highest BCUT2D eigenvalue weighted by molar-refractivity contribution is 6.80. The van der Waals surface area contributed by atoms with E-state index in [4.69, 9.17) is 14.1 Å². The van der Waals surface area contributed by atoms with Gasteiger partial charge in [0.15, 0.2) is 11.5 Å². The normalized spacial score (nSPS) is 12.1. The standard InChI is InChI=1S/C22H16BNO3/c1-2-8-17(9-3-1)23(18-11-12-19-21(14-18)26-15-25-19)27-20-10-4-6-16-7-5-13-24-22(16)20/h1-14H,15H2. The molecule has 130 valence electrons. The van der Waals surface area contributed by atoms with Crippen LogP contribution in [0.15, 0.2) is 85.1 Å². The SMILES string of the molecule is c1ccc(B(Oc2cccc3cccnc23)c2ccc3c(c2)OCO3)cc1. The molecular formula is C22H16BNO3. The average Bonchev–Trinajstić information content (AvgIpc) is 3.20. The second-order valence-electron chi connectivity index (χ2n) is 6.35. The summed E-state index contributed by atoms with van der Waals surface area (Å²) in [4.78, 5) is 4.51. The van der Waals surface area contributed by atoms with E-state index in [2.05, 4.69) is 17.1 Å². The topological polar surface area (TPSA) is 40.6 Å². The van der Waals surface area contributed by atoms with Crippen molar-refractivity contribution >= 4 is 28.7 Å². The van der Waals surface area contributed by atoms with Gasteiger partial charge in [-0.3, -0.25) is 4.98 Å². The maximum Gasteiger partial charge on any atom is 0.426 e. The molecule has 3 aromatic carbocycles. The first-order valence-electron chi connectivity index (χ1n) is 8.83. The van der Waals surface area contributed by atoms with Crippen molar-refractivity contribution in [1.29, 1.82) is 0 Å². The van der Waals surface area contributed by atoms with E-state index in [0.717, 1.165) is 39.1 Å². The molecule has 2 heterocycles.